The quantitative estimate of drug-likeness (QED) is 0.455. The first-order chi connectivity index (χ1) is 14.2. The first kappa shape index (κ1) is 18.3. The minimum Gasteiger partial charge on any atom is -0.391 e. The molecule has 0 radical (unpaired) electrons. The number of hydrogen-bond acceptors (Lipinski definition) is 6. The minimum absolute atomic E-state index is 0.104. The Morgan fingerprint density at radius 3 is 3.00 bits per heavy atom. The number of pyridine rings is 1. The third kappa shape index (κ3) is 3.75. The van der Waals surface area contributed by atoms with Gasteiger partial charge in [-0.15, -0.1) is 0 Å². The molecule has 1 aliphatic carbocycles. The molecule has 0 spiro atoms. The van der Waals surface area contributed by atoms with Crippen LogP contribution in [0, 0.1) is 0 Å². The summed E-state index contributed by atoms with van der Waals surface area (Å²) in [5.41, 5.74) is 4.78. The Hall–Kier alpha value is -2.77. The van der Waals surface area contributed by atoms with E-state index < -0.39 is 0 Å². The number of imidazole rings is 1. The van der Waals surface area contributed by atoms with Gasteiger partial charge in [0.05, 0.1) is 27.9 Å². The summed E-state index contributed by atoms with van der Waals surface area (Å²) in [6.45, 7) is 3.79. The summed E-state index contributed by atoms with van der Waals surface area (Å²) in [5, 5.41) is 14.5. The van der Waals surface area contributed by atoms with Crippen molar-refractivity contribution < 1.29 is 5.11 Å². The number of anilines is 1. The van der Waals surface area contributed by atoms with Crippen molar-refractivity contribution in [3.63, 3.8) is 0 Å². The summed E-state index contributed by atoms with van der Waals surface area (Å²) in [4.78, 5) is 17.0. The van der Waals surface area contributed by atoms with E-state index >= 15 is 0 Å². The summed E-state index contributed by atoms with van der Waals surface area (Å²) in [7, 11) is 0. The fourth-order valence-electron chi connectivity index (χ4n) is 3.93. The van der Waals surface area contributed by atoms with E-state index in [9.17, 15) is 5.11 Å². The third-order valence-corrected chi connectivity index (χ3v) is 6.46. The van der Waals surface area contributed by atoms with E-state index in [0.29, 0.717) is 6.42 Å². The number of nitrogens with zero attached hydrogens (tertiary/aromatic N) is 3. The molecule has 29 heavy (non-hydrogen) atoms. The van der Waals surface area contributed by atoms with Gasteiger partial charge < -0.3 is 15.4 Å². The van der Waals surface area contributed by atoms with Gasteiger partial charge in [-0.05, 0) is 42.2 Å². The summed E-state index contributed by atoms with van der Waals surface area (Å²) in [5.74, 6) is 0.890. The highest BCUT2D eigenvalue weighted by molar-refractivity contribution is 7.22. The molecule has 2 unspecified atom stereocenters. The summed E-state index contributed by atoms with van der Waals surface area (Å²) in [6, 6.07) is 8.44. The lowest BCUT2D eigenvalue weighted by Crippen LogP contribution is -2.36. The number of benzene rings is 1. The second-order valence-corrected chi connectivity index (χ2v) is 8.66. The molecule has 0 amide bonds. The van der Waals surface area contributed by atoms with Crippen molar-refractivity contribution in [2.24, 2.45) is 0 Å². The standard InChI is InChI=1S/C22H23N5OS/c1-2-13-9-17-21(23-12-13)27-20(24-17)11-14-7-8-16-19(10-14)29-22(26-16)25-15-5-3-4-6-18(15)28/h2,7-10,12,15,18,28H,1,3-6,11H2,(H,25,26)(H,23,24,27). The van der Waals surface area contributed by atoms with E-state index in [2.05, 4.69) is 45.0 Å². The number of H-pyrrole nitrogens is 1. The lowest BCUT2D eigenvalue weighted by atomic mass is 9.93. The monoisotopic (exact) mass is 405 g/mol. The summed E-state index contributed by atoms with van der Waals surface area (Å²) >= 11 is 1.64. The van der Waals surface area contributed by atoms with Crippen LogP contribution >= 0.6 is 11.3 Å². The summed E-state index contributed by atoms with van der Waals surface area (Å²) < 4.78 is 1.14. The molecule has 6 nitrogen and oxygen atoms in total. The van der Waals surface area contributed by atoms with Gasteiger partial charge in [0.25, 0.3) is 0 Å². The molecule has 7 heteroatoms. The molecule has 148 valence electrons. The molecule has 5 rings (SSSR count). The SMILES string of the molecule is C=Cc1cnc2nc(Cc3ccc4nc(NC5CCCCC5O)sc4c3)[nH]c2c1. The van der Waals surface area contributed by atoms with Crippen LogP contribution in [0.25, 0.3) is 27.5 Å². The maximum Gasteiger partial charge on any atom is 0.184 e. The molecule has 3 aromatic heterocycles. The predicted molar refractivity (Wildman–Crippen MR) is 118 cm³/mol. The fraction of sp³-hybridized carbons (Fsp3) is 0.318. The molecule has 1 aromatic carbocycles. The van der Waals surface area contributed by atoms with E-state index in [1.165, 1.54) is 5.56 Å². The largest absolute Gasteiger partial charge is 0.391 e. The van der Waals surface area contributed by atoms with Gasteiger partial charge in [-0.2, -0.15) is 0 Å². The van der Waals surface area contributed by atoms with Crippen molar-refractivity contribution in [3.8, 4) is 0 Å². The summed E-state index contributed by atoms with van der Waals surface area (Å²) in [6.07, 6.45) is 8.11. The maximum atomic E-state index is 10.2. The van der Waals surface area contributed by atoms with Gasteiger partial charge in [0.1, 0.15) is 5.82 Å². The Balaban J connectivity index is 1.36. The molecule has 0 bridgehead atoms. The number of rotatable bonds is 5. The van der Waals surface area contributed by atoms with Crippen LogP contribution in [0.4, 0.5) is 5.13 Å². The average Bonchev–Trinajstić information content (AvgIpc) is 3.31. The second-order valence-electron chi connectivity index (χ2n) is 7.63. The zero-order chi connectivity index (χ0) is 19.8. The van der Waals surface area contributed by atoms with Crippen molar-refractivity contribution in [1.29, 1.82) is 0 Å². The predicted octanol–water partition coefficient (Wildman–Crippen LogP) is 4.52. The van der Waals surface area contributed by atoms with E-state index in [-0.39, 0.29) is 12.1 Å². The molecular weight excluding hydrogens is 382 g/mol. The molecule has 1 fully saturated rings. The van der Waals surface area contributed by atoms with Gasteiger partial charge in [-0.1, -0.05) is 42.9 Å². The minimum atomic E-state index is -0.283. The molecule has 0 aliphatic heterocycles. The molecule has 1 aliphatic rings. The van der Waals surface area contributed by atoms with E-state index in [1.54, 1.807) is 23.6 Å². The van der Waals surface area contributed by atoms with Crippen molar-refractivity contribution in [2.75, 3.05) is 5.32 Å². The first-order valence-corrected chi connectivity index (χ1v) is 10.8. The Morgan fingerprint density at radius 2 is 2.14 bits per heavy atom. The number of fused-ring (bicyclic) bond motifs is 2. The Bertz CT molecular complexity index is 1180. The van der Waals surface area contributed by atoms with Gasteiger partial charge in [0.2, 0.25) is 0 Å². The third-order valence-electron chi connectivity index (χ3n) is 5.51. The highest BCUT2D eigenvalue weighted by Gasteiger charge is 2.23. The van der Waals surface area contributed by atoms with Crippen molar-refractivity contribution >= 4 is 43.9 Å². The van der Waals surface area contributed by atoms with Crippen molar-refractivity contribution in [3.05, 3.63) is 54.0 Å². The van der Waals surface area contributed by atoms with Gasteiger partial charge in [0.15, 0.2) is 10.8 Å². The highest BCUT2D eigenvalue weighted by Crippen LogP contribution is 2.30. The number of aromatic amines is 1. The van der Waals surface area contributed by atoms with Crippen LogP contribution in [0.2, 0.25) is 0 Å². The zero-order valence-electron chi connectivity index (χ0n) is 16.1. The van der Waals surface area contributed by atoms with Gasteiger partial charge in [0, 0.05) is 12.6 Å². The molecule has 3 N–H and O–H groups in total. The lowest BCUT2D eigenvalue weighted by Gasteiger charge is -2.27. The van der Waals surface area contributed by atoms with E-state index in [1.807, 2.05) is 6.07 Å². The van der Waals surface area contributed by atoms with Crippen LogP contribution in [0.5, 0.6) is 0 Å². The van der Waals surface area contributed by atoms with Crippen LogP contribution in [0.1, 0.15) is 42.6 Å². The van der Waals surface area contributed by atoms with Gasteiger partial charge in [-0.25, -0.2) is 15.0 Å². The molecule has 4 aromatic rings. The number of aromatic nitrogens is 4. The zero-order valence-corrected chi connectivity index (χ0v) is 16.9. The molecule has 3 heterocycles. The maximum absolute atomic E-state index is 10.2. The normalized spacial score (nSPS) is 19.6. The Morgan fingerprint density at radius 1 is 1.24 bits per heavy atom. The Kier molecular flexibility index (Phi) is 4.77. The van der Waals surface area contributed by atoms with Gasteiger partial charge >= 0.3 is 0 Å². The van der Waals surface area contributed by atoms with E-state index in [0.717, 1.165) is 63.6 Å². The molecule has 0 saturated heterocycles. The number of aliphatic hydroxyl groups is 1. The van der Waals surface area contributed by atoms with Crippen LogP contribution in [0.15, 0.2) is 37.0 Å². The van der Waals surface area contributed by atoms with Crippen LogP contribution in [-0.4, -0.2) is 37.2 Å². The smallest absolute Gasteiger partial charge is 0.184 e. The van der Waals surface area contributed by atoms with E-state index in [4.69, 9.17) is 4.98 Å². The number of nitrogens with one attached hydrogen (secondary N) is 2. The molecule has 1 saturated carbocycles. The fourth-order valence-corrected chi connectivity index (χ4v) is 4.92. The topological polar surface area (TPSA) is 86.7 Å². The van der Waals surface area contributed by atoms with Crippen molar-refractivity contribution in [2.45, 2.75) is 44.2 Å². The molecule has 2 atom stereocenters. The van der Waals surface area contributed by atoms with Crippen LogP contribution in [-0.2, 0) is 6.42 Å². The average molecular weight is 406 g/mol. The van der Waals surface area contributed by atoms with Crippen LogP contribution in [0.3, 0.4) is 0 Å². The highest BCUT2D eigenvalue weighted by atomic mass is 32.1. The first-order valence-electron chi connectivity index (χ1n) is 9.99. The second kappa shape index (κ2) is 7.57. The number of aliphatic hydroxyl groups excluding tert-OH is 1. The van der Waals surface area contributed by atoms with Crippen LogP contribution < -0.4 is 5.32 Å². The number of thiazole rings is 1. The molecular formula is C22H23N5OS. The lowest BCUT2D eigenvalue weighted by molar-refractivity contribution is 0.116. The Labute approximate surface area is 172 Å². The van der Waals surface area contributed by atoms with Crippen molar-refractivity contribution in [1.82, 2.24) is 19.9 Å². The van der Waals surface area contributed by atoms with Gasteiger partial charge in [-0.3, -0.25) is 0 Å². The number of hydrogen-bond donors (Lipinski definition) is 3.